The van der Waals surface area contributed by atoms with E-state index in [0.717, 1.165) is 12.8 Å². The summed E-state index contributed by atoms with van der Waals surface area (Å²) < 4.78 is 0. The Morgan fingerprint density at radius 3 is 2.74 bits per heavy atom. The predicted octanol–water partition coefficient (Wildman–Crippen LogP) is 2.31. The predicted molar refractivity (Wildman–Crippen MR) is 75.8 cm³/mol. The van der Waals surface area contributed by atoms with Gasteiger partial charge in [-0.1, -0.05) is 50.6 Å². The number of hydrogen-bond acceptors (Lipinski definition) is 2. The molecule has 2 N–H and O–H groups in total. The minimum absolute atomic E-state index is 0.0798. The number of carbonyl (C=O) groups excluding carboxylic acids is 1. The molecular formula is C16H23NO2. The van der Waals surface area contributed by atoms with Gasteiger partial charge in [-0.25, -0.2) is 0 Å². The van der Waals surface area contributed by atoms with Gasteiger partial charge in [-0.05, 0) is 23.8 Å². The van der Waals surface area contributed by atoms with Gasteiger partial charge in [0, 0.05) is 12.5 Å². The van der Waals surface area contributed by atoms with Gasteiger partial charge in [-0.3, -0.25) is 4.79 Å². The highest BCUT2D eigenvalue weighted by Crippen LogP contribution is 2.47. The first-order chi connectivity index (χ1) is 9.13. The lowest BCUT2D eigenvalue weighted by molar-refractivity contribution is -0.123. The Labute approximate surface area is 115 Å². The molecule has 1 aliphatic carbocycles. The van der Waals surface area contributed by atoms with Crippen LogP contribution in [0.15, 0.2) is 30.3 Å². The molecule has 0 radical (unpaired) electrons. The molecule has 0 bridgehead atoms. The third-order valence-electron chi connectivity index (χ3n) is 4.14. The standard InChI is InChI=1S/C16H23NO2/c1-3-11(2)15(18)10-17-16(19)14-9-13(14)12-7-5-4-6-8-12/h4-8,11,13-15,18H,3,9-10H2,1-2H3,(H,17,19). The minimum atomic E-state index is -0.442. The first-order valence-electron chi connectivity index (χ1n) is 7.14. The summed E-state index contributed by atoms with van der Waals surface area (Å²) in [6, 6.07) is 10.2. The third kappa shape index (κ3) is 3.57. The highest BCUT2D eigenvalue weighted by Gasteiger charge is 2.43. The second-order valence-electron chi connectivity index (χ2n) is 5.56. The molecule has 0 aliphatic heterocycles. The van der Waals surface area contributed by atoms with Gasteiger partial charge < -0.3 is 10.4 Å². The molecule has 0 spiro atoms. The summed E-state index contributed by atoms with van der Waals surface area (Å²) in [4.78, 5) is 12.0. The molecule has 1 aromatic rings. The van der Waals surface area contributed by atoms with Gasteiger partial charge >= 0.3 is 0 Å². The zero-order chi connectivity index (χ0) is 13.8. The number of benzene rings is 1. The molecule has 1 aromatic carbocycles. The Bertz CT molecular complexity index is 418. The maximum atomic E-state index is 12.0. The van der Waals surface area contributed by atoms with Crippen molar-refractivity contribution in [3.63, 3.8) is 0 Å². The average Bonchev–Trinajstić information content (AvgIpc) is 3.25. The molecule has 2 rings (SSSR count). The van der Waals surface area contributed by atoms with Crippen molar-refractivity contribution in [1.29, 1.82) is 0 Å². The van der Waals surface area contributed by atoms with Crippen molar-refractivity contribution < 1.29 is 9.90 Å². The smallest absolute Gasteiger partial charge is 0.223 e. The van der Waals surface area contributed by atoms with Crippen LogP contribution in [0.4, 0.5) is 0 Å². The van der Waals surface area contributed by atoms with E-state index in [4.69, 9.17) is 0 Å². The van der Waals surface area contributed by atoms with Crippen LogP contribution in [0.25, 0.3) is 0 Å². The van der Waals surface area contributed by atoms with E-state index in [1.807, 2.05) is 32.0 Å². The van der Waals surface area contributed by atoms with Crippen molar-refractivity contribution >= 4 is 5.91 Å². The number of hydrogen-bond donors (Lipinski definition) is 2. The van der Waals surface area contributed by atoms with E-state index in [1.54, 1.807) is 0 Å². The largest absolute Gasteiger partial charge is 0.391 e. The van der Waals surface area contributed by atoms with E-state index in [1.165, 1.54) is 5.56 Å². The van der Waals surface area contributed by atoms with Crippen LogP contribution in [0.1, 0.15) is 38.2 Å². The number of rotatable bonds is 6. The zero-order valence-electron chi connectivity index (χ0n) is 11.7. The number of amides is 1. The molecule has 3 nitrogen and oxygen atoms in total. The summed E-state index contributed by atoms with van der Waals surface area (Å²) in [7, 11) is 0. The SMILES string of the molecule is CCC(C)C(O)CNC(=O)C1CC1c1ccccc1. The second-order valence-corrected chi connectivity index (χ2v) is 5.56. The van der Waals surface area contributed by atoms with Crippen LogP contribution < -0.4 is 5.32 Å². The van der Waals surface area contributed by atoms with Crippen LogP contribution in [0, 0.1) is 11.8 Å². The average molecular weight is 261 g/mol. The Morgan fingerprint density at radius 2 is 2.11 bits per heavy atom. The molecule has 0 heterocycles. The van der Waals surface area contributed by atoms with Crippen molar-refractivity contribution in [3.8, 4) is 0 Å². The lowest BCUT2D eigenvalue weighted by Crippen LogP contribution is -2.36. The number of nitrogens with one attached hydrogen (secondary N) is 1. The zero-order valence-corrected chi connectivity index (χ0v) is 11.7. The van der Waals surface area contributed by atoms with E-state index in [2.05, 4.69) is 17.4 Å². The van der Waals surface area contributed by atoms with E-state index >= 15 is 0 Å². The van der Waals surface area contributed by atoms with Crippen molar-refractivity contribution in [1.82, 2.24) is 5.32 Å². The van der Waals surface area contributed by atoms with Crippen LogP contribution in [0.3, 0.4) is 0 Å². The Hall–Kier alpha value is -1.35. The van der Waals surface area contributed by atoms with Crippen LogP contribution in [0.5, 0.6) is 0 Å². The summed E-state index contributed by atoms with van der Waals surface area (Å²) in [5, 5.41) is 12.7. The summed E-state index contributed by atoms with van der Waals surface area (Å²) >= 11 is 0. The topological polar surface area (TPSA) is 49.3 Å². The van der Waals surface area contributed by atoms with Gasteiger partial charge in [0.05, 0.1) is 6.10 Å². The normalized spacial score (nSPS) is 24.6. The highest BCUT2D eigenvalue weighted by atomic mass is 16.3. The molecule has 0 aromatic heterocycles. The summed E-state index contributed by atoms with van der Waals surface area (Å²) in [6.45, 7) is 4.41. The number of aliphatic hydroxyl groups is 1. The maximum Gasteiger partial charge on any atom is 0.223 e. The van der Waals surface area contributed by atoms with E-state index in [0.29, 0.717) is 12.5 Å². The van der Waals surface area contributed by atoms with Crippen molar-refractivity contribution in [2.75, 3.05) is 6.54 Å². The minimum Gasteiger partial charge on any atom is -0.391 e. The summed E-state index contributed by atoms with van der Waals surface area (Å²) in [6.07, 6.45) is 1.41. The van der Waals surface area contributed by atoms with Gasteiger partial charge in [0.15, 0.2) is 0 Å². The molecule has 4 atom stereocenters. The lowest BCUT2D eigenvalue weighted by atomic mass is 10.0. The van der Waals surface area contributed by atoms with Gasteiger partial charge in [-0.15, -0.1) is 0 Å². The molecule has 104 valence electrons. The molecule has 3 heteroatoms. The molecule has 1 aliphatic rings. The quantitative estimate of drug-likeness (QED) is 0.825. The fourth-order valence-electron chi connectivity index (χ4n) is 2.36. The van der Waals surface area contributed by atoms with Gasteiger partial charge in [0.1, 0.15) is 0 Å². The van der Waals surface area contributed by atoms with Crippen molar-refractivity contribution in [2.24, 2.45) is 11.8 Å². The Kier molecular flexibility index (Phi) is 4.59. The fraction of sp³-hybridized carbons (Fsp3) is 0.562. The summed E-state index contributed by atoms with van der Waals surface area (Å²) in [5.41, 5.74) is 1.24. The highest BCUT2D eigenvalue weighted by molar-refractivity contribution is 5.82. The van der Waals surface area contributed by atoms with Gasteiger partial charge in [0.2, 0.25) is 5.91 Å². The van der Waals surface area contributed by atoms with Crippen LogP contribution in [0.2, 0.25) is 0 Å². The maximum absolute atomic E-state index is 12.0. The monoisotopic (exact) mass is 261 g/mol. The third-order valence-corrected chi connectivity index (χ3v) is 4.14. The van der Waals surface area contributed by atoms with E-state index in [-0.39, 0.29) is 17.7 Å². The van der Waals surface area contributed by atoms with E-state index in [9.17, 15) is 9.90 Å². The van der Waals surface area contributed by atoms with Crippen molar-refractivity contribution in [3.05, 3.63) is 35.9 Å². The lowest BCUT2D eigenvalue weighted by Gasteiger charge is -2.17. The molecule has 1 fully saturated rings. The first-order valence-corrected chi connectivity index (χ1v) is 7.14. The van der Waals surface area contributed by atoms with Crippen molar-refractivity contribution in [2.45, 2.75) is 38.7 Å². The van der Waals surface area contributed by atoms with Crippen LogP contribution in [-0.2, 0) is 4.79 Å². The molecular weight excluding hydrogens is 238 g/mol. The molecule has 1 amide bonds. The van der Waals surface area contributed by atoms with Gasteiger partial charge in [0.25, 0.3) is 0 Å². The molecule has 0 saturated heterocycles. The molecule has 1 saturated carbocycles. The van der Waals surface area contributed by atoms with Crippen LogP contribution >= 0.6 is 0 Å². The van der Waals surface area contributed by atoms with E-state index < -0.39 is 6.10 Å². The number of aliphatic hydroxyl groups excluding tert-OH is 1. The van der Waals surface area contributed by atoms with Gasteiger partial charge in [-0.2, -0.15) is 0 Å². The Morgan fingerprint density at radius 1 is 1.42 bits per heavy atom. The van der Waals surface area contributed by atoms with Crippen LogP contribution in [-0.4, -0.2) is 23.7 Å². The second kappa shape index (κ2) is 6.20. The molecule has 4 unspecified atom stereocenters. The Balaban J connectivity index is 1.77. The first kappa shape index (κ1) is 14.1. The summed E-state index contributed by atoms with van der Waals surface area (Å²) in [5.74, 6) is 0.758. The fourth-order valence-corrected chi connectivity index (χ4v) is 2.36. The number of carbonyl (C=O) groups is 1. The molecule has 19 heavy (non-hydrogen) atoms.